The number of imidazole rings is 1. The van der Waals surface area contributed by atoms with E-state index in [1.54, 1.807) is 9.80 Å². The first-order valence-electron chi connectivity index (χ1n) is 16.0. The van der Waals surface area contributed by atoms with Crippen LogP contribution in [0.4, 0.5) is 9.59 Å². The molecule has 4 amide bonds. The lowest BCUT2D eigenvalue weighted by Crippen LogP contribution is -2.42. The van der Waals surface area contributed by atoms with Crippen LogP contribution in [0.25, 0.3) is 16.7 Å². The Balaban J connectivity index is 1.64. The Bertz CT molecular complexity index is 1720. The third kappa shape index (κ3) is 11.8. The van der Waals surface area contributed by atoms with E-state index in [1.807, 2.05) is 69.3 Å². The summed E-state index contributed by atoms with van der Waals surface area (Å²) >= 11 is 0. The molecule has 0 saturated carbocycles. The summed E-state index contributed by atoms with van der Waals surface area (Å²) in [7, 11) is 2.50. The normalized spacial score (nSPS) is 10.8. The summed E-state index contributed by atoms with van der Waals surface area (Å²) < 4.78 is 9.09. The van der Waals surface area contributed by atoms with Gasteiger partial charge in [0.1, 0.15) is 18.9 Å². The second-order valence-electron chi connectivity index (χ2n) is 11.0. The average molecular weight is 672 g/mol. The van der Waals surface area contributed by atoms with Gasteiger partial charge in [-0.15, -0.1) is 0 Å². The molecule has 0 saturated heterocycles. The van der Waals surface area contributed by atoms with Gasteiger partial charge < -0.3 is 40.2 Å². The van der Waals surface area contributed by atoms with Crippen molar-refractivity contribution in [1.29, 1.82) is 0 Å². The van der Waals surface area contributed by atoms with E-state index in [4.69, 9.17) is 0 Å². The van der Waals surface area contributed by atoms with Crippen molar-refractivity contribution >= 4 is 40.7 Å². The zero-order valence-electron chi connectivity index (χ0n) is 28.8. The molecule has 13 heteroatoms. The number of carbonyl (C=O) groups excluding carboxylic acids is 4. The number of amides is 4. The molecular formula is C36H45N7O6. The lowest BCUT2D eigenvalue weighted by Gasteiger charge is -2.24. The van der Waals surface area contributed by atoms with Crippen molar-refractivity contribution in [3.63, 3.8) is 0 Å². The average Bonchev–Trinajstić information content (AvgIpc) is 3.52. The fraction of sp³-hybridized carbons (Fsp3) is 0.361. The smallest absolute Gasteiger partial charge is 0.407 e. The Hall–Kier alpha value is -5.77. The SMILES string of the molecule is C=C(CN(CCC)C(=O)CNC(=O)OC)N/C(=C\C)c1ccc(C#Cc2ccc3nc(CN(CCC)C(=O)CNC(=O)OC)[nH]c3c2)cc1. The predicted molar refractivity (Wildman–Crippen MR) is 188 cm³/mol. The number of alkyl carbamates (subject to hydrolysis) is 2. The van der Waals surface area contributed by atoms with Gasteiger partial charge >= 0.3 is 12.2 Å². The van der Waals surface area contributed by atoms with Crippen molar-refractivity contribution in [2.45, 2.75) is 40.2 Å². The van der Waals surface area contributed by atoms with E-state index in [9.17, 15) is 19.2 Å². The predicted octanol–water partition coefficient (Wildman–Crippen LogP) is 4.12. The second kappa shape index (κ2) is 19.1. The van der Waals surface area contributed by atoms with Crippen LogP contribution in [0.1, 0.15) is 56.1 Å². The molecule has 4 N–H and O–H groups in total. The number of hydrogen-bond donors (Lipinski definition) is 4. The quantitative estimate of drug-likeness (QED) is 0.176. The van der Waals surface area contributed by atoms with Gasteiger partial charge in [-0.1, -0.05) is 50.5 Å². The van der Waals surface area contributed by atoms with Gasteiger partial charge in [0.25, 0.3) is 0 Å². The fourth-order valence-corrected chi connectivity index (χ4v) is 4.83. The van der Waals surface area contributed by atoms with E-state index < -0.39 is 12.2 Å². The Morgan fingerprint density at radius 3 is 2.04 bits per heavy atom. The Kier molecular flexibility index (Phi) is 14.7. The summed E-state index contributed by atoms with van der Waals surface area (Å²) in [6.45, 7) is 11.3. The summed E-state index contributed by atoms with van der Waals surface area (Å²) in [5.74, 6) is 6.58. The van der Waals surface area contributed by atoms with Gasteiger partial charge in [0.2, 0.25) is 11.8 Å². The maximum absolute atomic E-state index is 12.7. The molecule has 1 heterocycles. The number of hydrogen-bond acceptors (Lipinski definition) is 8. The summed E-state index contributed by atoms with van der Waals surface area (Å²) in [5, 5.41) is 8.16. The number of nitrogens with zero attached hydrogens (tertiary/aromatic N) is 3. The van der Waals surface area contributed by atoms with Crippen molar-refractivity contribution in [1.82, 2.24) is 35.7 Å². The highest BCUT2D eigenvalue weighted by Crippen LogP contribution is 2.17. The highest BCUT2D eigenvalue weighted by molar-refractivity contribution is 5.83. The minimum atomic E-state index is -0.659. The van der Waals surface area contributed by atoms with Gasteiger partial charge in [-0.2, -0.15) is 0 Å². The Morgan fingerprint density at radius 1 is 0.878 bits per heavy atom. The molecule has 3 rings (SSSR count). The number of allylic oxidation sites excluding steroid dienone is 1. The number of H-pyrrole nitrogens is 1. The molecule has 0 aliphatic heterocycles. The molecule has 0 aliphatic carbocycles. The molecule has 260 valence electrons. The van der Waals surface area contributed by atoms with E-state index in [-0.39, 0.29) is 38.0 Å². The standard InChI is InChI=1S/C36H45N7O6/c1-7-18-42(33(44)21-37-35(46)48-5)23-25(4)39-29(9-3)28-15-12-26(13-16-28)10-11-27-14-17-30-31(20-27)41-32(40-30)24-43(19-8-2)34(45)22-38-36(47)49-6/h9,12-17,20,39H,4,7-8,18-19,21-24H2,1-3,5-6H3,(H,37,46)(H,38,47)(H,40,41)/b29-9-. The lowest BCUT2D eigenvalue weighted by atomic mass is 10.1. The van der Waals surface area contributed by atoms with Crippen LogP contribution in [-0.2, 0) is 25.6 Å². The molecular weight excluding hydrogens is 626 g/mol. The van der Waals surface area contributed by atoms with Crippen molar-refractivity contribution in [3.05, 3.63) is 83.3 Å². The zero-order chi connectivity index (χ0) is 35.8. The molecule has 13 nitrogen and oxygen atoms in total. The maximum Gasteiger partial charge on any atom is 0.407 e. The summed E-state index contributed by atoms with van der Waals surface area (Å²) in [4.78, 5) is 59.2. The van der Waals surface area contributed by atoms with Crippen LogP contribution in [0.5, 0.6) is 0 Å². The topological polar surface area (TPSA) is 158 Å². The minimum Gasteiger partial charge on any atom is -0.453 e. The van der Waals surface area contributed by atoms with Crippen molar-refractivity contribution in [2.75, 3.05) is 46.9 Å². The van der Waals surface area contributed by atoms with Crippen molar-refractivity contribution < 1.29 is 28.7 Å². The molecule has 3 aromatic rings. The number of carbonyl (C=O) groups is 4. The molecule has 0 unspecified atom stereocenters. The number of fused-ring (bicyclic) bond motifs is 1. The molecule has 0 spiro atoms. The highest BCUT2D eigenvalue weighted by Gasteiger charge is 2.17. The van der Waals surface area contributed by atoms with Crippen LogP contribution in [-0.4, -0.2) is 90.7 Å². The molecule has 0 fully saturated rings. The molecule has 0 bridgehead atoms. The van der Waals surface area contributed by atoms with Crippen LogP contribution >= 0.6 is 0 Å². The van der Waals surface area contributed by atoms with Gasteiger partial charge in [0.15, 0.2) is 0 Å². The first-order chi connectivity index (χ1) is 23.6. The van der Waals surface area contributed by atoms with Crippen LogP contribution < -0.4 is 16.0 Å². The third-order valence-corrected chi connectivity index (χ3v) is 7.23. The molecule has 49 heavy (non-hydrogen) atoms. The van der Waals surface area contributed by atoms with Gasteiger partial charge in [0.05, 0.1) is 38.3 Å². The van der Waals surface area contributed by atoms with E-state index in [0.29, 0.717) is 24.6 Å². The van der Waals surface area contributed by atoms with E-state index in [0.717, 1.165) is 46.3 Å². The van der Waals surface area contributed by atoms with Gasteiger partial charge in [-0.05, 0) is 55.7 Å². The number of nitrogens with one attached hydrogen (secondary N) is 4. The lowest BCUT2D eigenvalue weighted by molar-refractivity contribution is -0.131. The molecule has 1 aromatic heterocycles. The second-order valence-corrected chi connectivity index (χ2v) is 11.0. The number of benzene rings is 2. The zero-order valence-corrected chi connectivity index (χ0v) is 28.8. The molecule has 0 radical (unpaired) electrons. The number of ether oxygens (including phenoxy) is 2. The van der Waals surface area contributed by atoms with E-state index in [2.05, 4.69) is 53.8 Å². The van der Waals surface area contributed by atoms with E-state index >= 15 is 0 Å². The number of aromatic amines is 1. The largest absolute Gasteiger partial charge is 0.453 e. The molecule has 0 atom stereocenters. The van der Waals surface area contributed by atoms with Gasteiger partial charge in [0, 0.05) is 35.6 Å². The Labute approximate surface area is 287 Å². The van der Waals surface area contributed by atoms with E-state index in [1.165, 1.54) is 14.2 Å². The summed E-state index contributed by atoms with van der Waals surface area (Å²) in [6.07, 6.45) is 2.13. The molecule has 2 aromatic carbocycles. The van der Waals surface area contributed by atoms with Gasteiger partial charge in [-0.3, -0.25) is 9.59 Å². The van der Waals surface area contributed by atoms with Crippen molar-refractivity contribution in [3.8, 4) is 11.8 Å². The fourth-order valence-electron chi connectivity index (χ4n) is 4.83. The number of methoxy groups -OCH3 is 2. The molecule has 0 aliphatic rings. The van der Waals surface area contributed by atoms with Crippen LogP contribution in [0.2, 0.25) is 0 Å². The maximum atomic E-state index is 12.7. The van der Waals surface area contributed by atoms with Crippen LogP contribution in [0.15, 0.2) is 60.8 Å². The number of aromatic nitrogens is 2. The van der Waals surface area contributed by atoms with Gasteiger partial charge in [-0.25, -0.2) is 14.6 Å². The monoisotopic (exact) mass is 671 g/mol. The highest BCUT2D eigenvalue weighted by atomic mass is 16.5. The van der Waals surface area contributed by atoms with Crippen LogP contribution in [0.3, 0.4) is 0 Å². The summed E-state index contributed by atoms with van der Waals surface area (Å²) in [5.41, 5.74) is 5.59. The Morgan fingerprint density at radius 2 is 1.45 bits per heavy atom. The third-order valence-electron chi connectivity index (χ3n) is 7.23. The minimum absolute atomic E-state index is 0.158. The number of rotatable bonds is 15. The van der Waals surface area contributed by atoms with Crippen molar-refractivity contribution in [2.24, 2.45) is 0 Å². The first kappa shape index (κ1) is 37.7. The summed E-state index contributed by atoms with van der Waals surface area (Å²) in [6, 6.07) is 13.5. The first-order valence-corrected chi connectivity index (χ1v) is 16.0. The van der Waals surface area contributed by atoms with Crippen LogP contribution in [0, 0.1) is 11.8 Å².